The molecule has 0 fully saturated rings. The van der Waals surface area contributed by atoms with Crippen LogP contribution in [0.4, 0.5) is 10.1 Å². The van der Waals surface area contributed by atoms with Crippen molar-refractivity contribution in [3.63, 3.8) is 0 Å². The van der Waals surface area contributed by atoms with Gasteiger partial charge in [-0.15, -0.1) is 0 Å². The van der Waals surface area contributed by atoms with Crippen molar-refractivity contribution in [2.24, 2.45) is 0 Å². The van der Waals surface area contributed by atoms with Crippen LogP contribution < -0.4 is 10.1 Å². The molecule has 0 aromatic heterocycles. The summed E-state index contributed by atoms with van der Waals surface area (Å²) < 4.78 is 18.9. The standard InChI is InChI=1S/C21H20FNO/c1-16-8-10-20(11-9-16)23-14-17-4-3-7-21(13-17)24-15-18-5-2-6-19(22)12-18/h2-13,23H,14-15H2,1H3. The fraction of sp³-hybridized carbons (Fsp3) is 0.143. The Morgan fingerprint density at radius 2 is 1.62 bits per heavy atom. The second-order valence-electron chi connectivity index (χ2n) is 5.79. The Morgan fingerprint density at radius 1 is 0.875 bits per heavy atom. The van der Waals surface area contributed by atoms with Gasteiger partial charge in [-0.2, -0.15) is 0 Å². The topological polar surface area (TPSA) is 21.3 Å². The smallest absolute Gasteiger partial charge is 0.123 e. The molecule has 0 aliphatic heterocycles. The van der Waals surface area contributed by atoms with Gasteiger partial charge < -0.3 is 10.1 Å². The summed E-state index contributed by atoms with van der Waals surface area (Å²) >= 11 is 0. The minimum atomic E-state index is -0.243. The third-order valence-corrected chi connectivity index (χ3v) is 3.74. The maximum absolute atomic E-state index is 13.2. The fourth-order valence-electron chi connectivity index (χ4n) is 2.41. The van der Waals surface area contributed by atoms with Crippen LogP contribution in [-0.2, 0) is 13.2 Å². The molecule has 122 valence electrons. The first kappa shape index (κ1) is 16.1. The molecule has 0 radical (unpaired) electrons. The van der Waals surface area contributed by atoms with Crippen molar-refractivity contribution < 1.29 is 9.13 Å². The molecular formula is C21H20FNO. The highest BCUT2D eigenvalue weighted by Gasteiger charge is 2.00. The summed E-state index contributed by atoms with van der Waals surface area (Å²) in [5.74, 6) is 0.537. The molecule has 0 saturated heterocycles. The molecule has 0 heterocycles. The number of benzene rings is 3. The molecule has 3 rings (SSSR count). The van der Waals surface area contributed by atoms with E-state index in [0.717, 1.165) is 29.1 Å². The Bertz CT molecular complexity index is 799. The molecule has 0 aliphatic carbocycles. The second-order valence-corrected chi connectivity index (χ2v) is 5.79. The quantitative estimate of drug-likeness (QED) is 0.663. The molecule has 0 bridgehead atoms. The zero-order valence-corrected chi connectivity index (χ0v) is 13.6. The first-order chi connectivity index (χ1) is 11.7. The van der Waals surface area contributed by atoms with Gasteiger partial charge in [0, 0.05) is 12.2 Å². The van der Waals surface area contributed by atoms with Crippen molar-refractivity contribution in [2.75, 3.05) is 5.32 Å². The molecule has 0 spiro atoms. The monoisotopic (exact) mass is 321 g/mol. The molecule has 0 aliphatic rings. The summed E-state index contributed by atoms with van der Waals surface area (Å²) in [6.07, 6.45) is 0. The SMILES string of the molecule is Cc1ccc(NCc2cccc(OCc3cccc(F)c3)c2)cc1. The number of ether oxygens (including phenoxy) is 1. The highest BCUT2D eigenvalue weighted by Crippen LogP contribution is 2.17. The molecule has 3 aromatic carbocycles. The lowest BCUT2D eigenvalue weighted by molar-refractivity contribution is 0.305. The van der Waals surface area contributed by atoms with Crippen LogP contribution in [0, 0.1) is 12.7 Å². The van der Waals surface area contributed by atoms with Crippen LogP contribution >= 0.6 is 0 Å². The molecule has 0 unspecified atom stereocenters. The predicted molar refractivity (Wildman–Crippen MR) is 95.7 cm³/mol. The lowest BCUT2D eigenvalue weighted by atomic mass is 10.2. The van der Waals surface area contributed by atoms with Gasteiger partial charge in [-0.3, -0.25) is 0 Å². The summed E-state index contributed by atoms with van der Waals surface area (Å²) in [4.78, 5) is 0. The number of nitrogens with one attached hydrogen (secondary N) is 1. The Balaban J connectivity index is 1.58. The predicted octanol–water partition coefficient (Wildman–Crippen LogP) is 5.33. The number of hydrogen-bond acceptors (Lipinski definition) is 2. The summed E-state index contributed by atoms with van der Waals surface area (Å²) in [5.41, 5.74) is 4.28. The van der Waals surface area contributed by atoms with Crippen LogP contribution in [0.25, 0.3) is 0 Å². The molecule has 2 nitrogen and oxygen atoms in total. The summed E-state index contributed by atoms with van der Waals surface area (Å²) in [7, 11) is 0. The Hall–Kier alpha value is -2.81. The minimum absolute atomic E-state index is 0.243. The number of rotatable bonds is 6. The van der Waals surface area contributed by atoms with Crippen LogP contribution in [0.15, 0.2) is 72.8 Å². The Kier molecular flexibility index (Phi) is 5.12. The van der Waals surface area contributed by atoms with E-state index in [1.165, 1.54) is 17.7 Å². The highest BCUT2D eigenvalue weighted by atomic mass is 19.1. The fourth-order valence-corrected chi connectivity index (χ4v) is 2.41. The van der Waals surface area contributed by atoms with Gasteiger partial charge in [0.05, 0.1) is 0 Å². The Labute approximate surface area is 141 Å². The van der Waals surface area contributed by atoms with Gasteiger partial charge in [0.1, 0.15) is 18.2 Å². The van der Waals surface area contributed by atoms with Gasteiger partial charge in [0.15, 0.2) is 0 Å². The van der Waals surface area contributed by atoms with Crippen LogP contribution in [0.5, 0.6) is 5.75 Å². The van der Waals surface area contributed by atoms with Crippen LogP contribution in [0.3, 0.4) is 0 Å². The molecule has 0 saturated carbocycles. The molecule has 0 amide bonds. The van der Waals surface area contributed by atoms with Crippen LogP contribution in [0.1, 0.15) is 16.7 Å². The molecule has 0 atom stereocenters. The van der Waals surface area contributed by atoms with Crippen molar-refractivity contribution in [1.29, 1.82) is 0 Å². The van der Waals surface area contributed by atoms with Gasteiger partial charge in [-0.25, -0.2) is 4.39 Å². The van der Waals surface area contributed by atoms with Crippen molar-refractivity contribution >= 4 is 5.69 Å². The van der Waals surface area contributed by atoms with E-state index in [4.69, 9.17) is 4.74 Å². The van der Waals surface area contributed by atoms with Gasteiger partial charge >= 0.3 is 0 Å². The summed E-state index contributed by atoms with van der Waals surface area (Å²) in [6, 6.07) is 22.7. The number of aryl methyl sites for hydroxylation is 1. The maximum Gasteiger partial charge on any atom is 0.123 e. The number of anilines is 1. The van der Waals surface area contributed by atoms with E-state index in [1.807, 2.05) is 24.3 Å². The van der Waals surface area contributed by atoms with Crippen molar-refractivity contribution in [3.8, 4) is 5.75 Å². The maximum atomic E-state index is 13.2. The number of halogens is 1. The van der Waals surface area contributed by atoms with E-state index in [0.29, 0.717) is 6.61 Å². The van der Waals surface area contributed by atoms with Gasteiger partial charge in [-0.1, -0.05) is 42.0 Å². The van der Waals surface area contributed by atoms with Gasteiger partial charge in [0.2, 0.25) is 0 Å². The van der Waals surface area contributed by atoms with Crippen LogP contribution in [-0.4, -0.2) is 0 Å². The normalized spacial score (nSPS) is 10.4. The van der Waals surface area contributed by atoms with E-state index in [9.17, 15) is 4.39 Å². The lowest BCUT2D eigenvalue weighted by Crippen LogP contribution is -2.00. The van der Waals surface area contributed by atoms with Gasteiger partial charge in [0.25, 0.3) is 0 Å². The van der Waals surface area contributed by atoms with E-state index in [1.54, 1.807) is 6.07 Å². The largest absolute Gasteiger partial charge is 0.489 e. The zero-order chi connectivity index (χ0) is 16.8. The Morgan fingerprint density at radius 3 is 2.42 bits per heavy atom. The van der Waals surface area contributed by atoms with E-state index >= 15 is 0 Å². The lowest BCUT2D eigenvalue weighted by Gasteiger charge is -2.10. The molecule has 1 N–H and O–H groups in total. The van der Waals surface area contributed by atoms with E-state index in [-0.39, 0.29) is 5.82 Å². The third kappa shape index (κ3) is 4.59. The number of hydrogen-bond donors (Lipinski definition) is 1. The minimum Gasteiger partial charge on any atom is -0.489 e. The average Bonchev–Trinajstić information content (AvgIpc) is 2.60. The van der Waals surface area contributed by atoms with Crippen molar-refractivity contribution in [1.82, 2.24) is 0 Å². The highest BCUT2D eigenvalue weighted by molar-refractivity contribution is 5.45. The third-order valence-electron chi connectivity index (χ3n) is 3.74. The first-order valence-electron chi connectivity index (χ1n) is 7.96. The molecule has 3 heteroatoms. The summed E-state index contributed by atoms with van der Waals surface area (Å²) in [6.45, 7) is 3.15. The van der Waals surface area contributed by atoms with Crippen molar-refractivity contribution in [3.05, 3.63) is 95.3 Å². The van der Waals surface area contributed by atoms with E-state index in [2.05, 4.69) is 42.6 Å². The molecule has 3 aromatic rings. The molecule has 24 heavy (non-hydrogen) atoms. The van der Waals surface area contributed by atoms with Gasteiger partial charge in [-0.05, 0) is 54.4 Å². The van der Waals surface area contributed by atoms with Crippen molar-refractivity contribution in [2.45, 2.75) is 20.1 Å². The zero-order valence-electron chi connectivity index (χ0n) is 13.6. The van der Waals surface area contributed by atoms with E-state index < -0.39 is 0 Å². The molecular weight excluding hydrogens is 301 g/mol. The average molecular weight is 321 g/mol. The van der Waals surface area contributed by atoms with Crippen LogP contribution in [0.2, 0.25) is 0 Å². The summed E-state index contributed by atoms with van der Waals surface area (Å²) in [5, 5.41) is 3.39. The second kappa shape index (κ2) is 7.64. The first-order valence-corrected chi connectivity index (χ1v) is 7.96.